The molecule has 3 rings (SSSR count). The quantitative estimate of drug-likeness (QED) is 0.928. The van der Waals surface area contributed by atoms with Gasteiger partial charge in [0.1, 0.15) is 6.54 Å². The highest BCUT2D eigenvalue weighted by Crippen LogP contribution is 2.34. The van der Waals surface area contributed by atoms with Crippen LogP contribution in [0.4, 0.5) is 0 Å². The molecule has 108 valence electrons. The minimum absolute atomic E-state index is 0.0954. The van der Waals surface area contributed by atoms with Crippen LogP contribution < -0.4 is 0 Å². The molecule has 1 fully saturated rings. The van der Waals surface area contributed by atoms with E-state index >= 15 is 0 Å². The molecule has 20 heavy (non-hydrogen) atoms. The van der Waals surface area contributed by atoms with Gasteiger partial charge in [0.25, 0.3) is 5.91 Å². The van der Waals surface area contributed by atoms with Gasteiger partial charge < -0.3 is 10.0 Å². The first-order chi connectivity index (χ1) is 9.54. The van der Waals surface area contributed by atoms with Crippen LogP contribution in [-0.2, 0) is 17.6 Å². The molecule has 1 amide bonds. The molecule has 0 spiro atoms. The molecule has 0 aromatic carbocycles. The minimum atomic E-state index is -0.930. The highest BCUT2D eigenvalue weighted by molar-refractivity contribution is 7.14. The van der Waals surface area contributed by atoms with Crippen LogP contribution in [0.3, 0.4) is 0 Å². The number of thiophene rings is 1. The molecule has 0 radical (unpaired) electrons. The number of nitrogens with zero attached hydrogens (tertiary/aromatic N) is 1. The molecule has 5 heteroatoms. The summed E-state index contributed by atoms with van der Waals surface area (Å²) in [6.07, 6.45) is 5.14. The largest absolute Gasteiger partial charge is 0.480 e. The van der Waals surface area contributed by atoms with E-state index in [9.17, 15) is 9.59 Å². The molecule has 1 heterocycles. The van der Waals surface area contributed by atoms with Crippen LogP contribution in [0.15, 0.2) is 6.07 Å². The van der Waals surface area contributed by atoms with Crippen molar-refractivity contribution in [3.63, 3.8) is 0 Å². The Kier molecular flexibility index (Phi) is 3.54. The minimum Gasteiger partial charge on any atom is -0.480 e. The number of carboxylic acid groups (broad SMARTS) is 1. The molecule has 1 N–H and O–H groups in total. The number of hydrogen-bond donors (Lipinski definition) is 1. The second kappa shape index (κ2) is 5.20. The maximum Gasteiger partial charge on any atom is 0.323 e. The van der Waals surface area contributed by atoms with Crippen LogP contribution in [0.2, 0.25) is 0 Å². The molecule has 2 aliphatic carbocycles. The average molecular weight is 293 g/mol. The third-order valence-electron chi connectivity index (χ3n) is 4.09. The van der Waals surface area contributed by atoms with Gasteiger partial charge in [0.15, 0.2) is 0 Å². The molecule has 1 aromatic rings. The second-order valence-corrected chi connectivity index (χ2v) is 7.10. The maximum atomic E-state index is 12.5. The summed E-state index contributed by atoms with van der Waals surface area (Å²) in [6.45, 7) is 2.06. The zero-order chi connectivity index (χ0) is 14.3. The van der Waals surface area contributed by atoms with Crippen molar-refractivity contribution in [2.75, 3.05) is 6.54 Å². The fourth-order valence-electron chi connectivity index (χ4n) is 2.85. The highest BCUT2D eigenvalue weighted by atomic mass is 32.1. The molecule has 0 saturated heterocycles. The van der Waals surface area contributed by atoms with Crippen molar-refractivity contribution in [2.24, 2.45) is 5.92 Å². The Balaban J connectivity index is 1.80. The van der Waals surface area contributed by atoms with Gasteiger partial charge in [-0.05, 0) is 49.7 Å². The lowest BCUT2D eigenvalue weighted by Gasteiger charge is -2.19. The first-order valence-corrected chi connectivity index (χ1v) is 8.00. The molecule has 0 bridgehead atoms. The number of carbonyl (C=O) groups is 2. The smallest absolute Gasteiger partial charge is 0.323 e. The summed E-state index contributed by atoms with van der Waals surface area (Å²) in [7, 11) is 0. The zero-order valence-electron chi connectivity index (χ0n) is 11.6. The number of aliphatic carboxylic acids is 1. The summed E-state index contributed by atoms with van der Waals surface area (Å²) in [6, 6.07) is 2.13. The van der Waals surface area contributed by atoms with E-state index in [2.05, 4.69) is 6.92 Å². The lowest BCUT2D eigenvalue weighted by Crippen LogP contribution is -2.37. The van der Waals surface area contributed by atoms with Gasteiger partial charge in [-0.3, -0.25) is 9.59 Å². The van der Waals surface area contributed by atoms with Crippen molar-refractivity contribution in [2.45, 2.75) is 45.1 Å². The van der Waals surface area contributed by atoms with Crippen LogP contribution in [0, 0.1) is 5.92 Å². The molecule has 1 unspecified atom stereocenters. The Morgan fingerprint density at radius 3 is 2.80 bits per heavy atom. The zero-order valence-corrected chi connectivity index (χ0v) is 12.4. The number of rotatable bonds is 4. The Morgan fingerprint density at radius 1 is 1.40 bits per heavy atom. The lowest BCUT2D eigenvalue weighted by atomic mass is 9.90. The molecule has 1 aromatic heterocycles. The van der Waals surface area contributed by atoms with Gasteiger partial charge in [-0.25, -0.2) is 0 Å². The van der Waals surface area contributed by atoms with Crippen LogP contribution in [0.1, 0.15) is 46.3 Å². The number of hydrogen-bond acceptors (Lipinski definition) is 3. The van der Waals surface area contributed by atoms with Crippen LogP contribution in [0.25, 0.3) is 0 Å². The number of amides is 1. The van der Waals surface area contributed by atoms with Crippen molar-refractivity contribution in [1.29, 1.82) is 0 Å². The summed E-state index contributed by atoms with van der Waals surface area (Å²) < 4.78 is 0. The third kappa shape index (κ3) is 2.73. The predicted octanol–water partition coefficient (Wildman–Crippen LogP) is 2.56. The van der Waals surface area contributed by atoms with Crippen molar-refractivity contribution in [3.8, 4) is 0 Å². The van der Waals surface area contributed by atoms with E-state index in [1.807, 2.05) is 6.07 Å². The molecule has 1 atom stereocenters. The Hall–Kier alpha value is -1.36. The van der Waals surface area contributed by atoms with Crippen LogP contribution in [-0.4, -0.2) is 34.5 Å². The summed E-state index contributed by atoms with van der Waals surface area (Å²) in [5.74, 6) is -0.347. The number of fused-ring (bicyclic) bond motifs is 1. The highest BCUT2D eigenvalue weighted by Gasteiger charge is 2.35. The van der Waals surface area contributed by atoms with Gasteiger partial charge in [0, 0.05) is 10.9 Å². The lowest BCUT2D eigenvalue weighted by molar-refractivity contribution is -0.137. The van der Waals surface area contributed by atoms with Crippen molar-refractivity contribution < 1.29 is 14.7 Å². The number of aryl methyl sites for hydroxylation is 1. The first kappa shape index (κ1) is 13.6. The van der Waals surface area contributed by atoms with Crippen molar-refractivity contribution in [1.82, 2.24) is 4.90 Å². The molecular weight excluding hydrogens is 274 g/mol. The molecule has 0 aliphatic heterocycles. The van der Waals surface area contributed by atoms with E-state index in [-0.39, 0.29) is 18.5 Å². The van der Waals surface area contributed by atoms with E-state index in [0.29, 0.717) is 5.92 Å². The number of carboxylic acids is 1. The van der Waals surface area contributed by atoms with Gasteiger partial charge in [-0.2, -0.15) is 0 Å². The summed E-state index contributed by atoms with van der Waals surface area (Å²) in [5, 5.41) is 8.96. The maximum absolute atomic E-state index is 12.5. The van der Waals surface area contributed by atoms with E-state index in [0.717, 1.165) is 30.6 Å². The normalized spacial score (nSPS) is 21.4. The fraction of sp³-hybridized carbons (Fsp3) is 0.600. The first-order valence-electron chi connectivity index (χ1n) is 7.19. The number of carbonyl (C=O) groups excluding carboxylic acids is 1. The van der Waals surface area contributed by atoms with Gasteiger partial charge in [0.05, 0.1) is 4.88 Å². The van der Waals surface area contributed by atoms with Crippen molar-refractivity contribution >= 4 is 23.2 Å². The third-order valence-corrected chi connectivity index (χ3v) is 5.32. The molecule has 1 saturated carbocycles. The second-order valence-electron chi connectivity index (χ2n) is 5.97. The van der Waals surface area contributed by atoms with E-state index < -0.39 is 5.97 Å². The Labute approximate surface area is 122 Å². The summed E-state index contributed by atoms with van der Waals surface area (Å²) >= 11 is 1.56. The molecular formula is C15H19NO3S. The Morgan fingerprint density at radius 2 is 2.15 bits per heavy atom. The van der Waals surface area contributed by atoms with Crippen molar-refractivity contribution in [3.05, 3.63) is 21.4 Å². The van der Waals surface area contributed by atoms with Crippen LogP contribution in [0.5, 0.6) is 0 Å². The van der Waals surface area contributed by atoms with Gasteiger partial charge in [0.2, 0.25) is 0 Å². The van der Waals surface area contributed by atoms with E-state index in [1.54, 1.807) is 11.3 Å². The fourth-order valence-corrected chi connectivity index (χ4v) is 4.02. The Bertz CT molecular complexity index is 547. The van der Waals surface area contributed by atoms with E-state index in [1.165, 1.54) is 21.8 Å². The SMILES string of the molecule is CC1CCc2sc(C(=O)N(CC(=O)O)C3CC3)cc2C1. The van der Waals surface area contributed by atoms with Gasteiger partial charge in [-0.15, -0.1) is 11.3 Å². The van der Waals surface area contributed by atoms with Crippen LogP contribution >= 0.6 is 11.3 Å². The standard InChI is InChI=1S/C15H19NO3S/c1-9-2-5-12-10(6-9)7-13(20-12)15(19)16(8-14(17)18)11-3-4-11/h7,9,11H,2-6,8H2,1H3,(H,17,18). The predicted molar refractivity (Wildman–Crippen MR) is 77.2 cm³/mol. The van der Waals surface area contributed by atoms with Gasteiger partial charge in [-0.1, -0.05) is 6.92 Å². The summed E-state index contributed by atoms with van der Waals surface area (Å²) in [5.41, 5.74) is 1.29. The van der Waals surface area contributed by atoms with E-state index in [4.69, 9.17) is 5.11 Å². The topological polar surface area (TPSA) is 57.6 Å². The summed E-state index contributed by atoms with van der Waals surface area (Å²) in [4.78, 5) is 27.0. The van der Waals surface area contributed by atoms with Gasteiger partial charge >= 0.3 is 5.97 Å². The molecule has 2 aliphatic rings. The average Bonchev–Trinajstić information content (AvgIpc) is 3.14. The molecule has 4 nitrogen and oxygen atoms in total. The monoisotopic (exact) mass is 293 g/mol.